The molecule has 1 aromatic rings. The summed E-state index contributed by atoms with van der Waals surface area (Å²) in [5.74, 6) is -0.195. The molecular formula is C15H22BrN3O4. The van der Waals surface area contributed by atoms with E-state index in [9.17, 15) is 14.9 Å². The summed E-state index contributed by atoms with van der Waals surface area (Å²) in [6.07, 6.45) is 0.898. The minimum Gasteiger partial charge on any atom is -1.00 e. The number of nitrogens with zero attached hydrogens (tertiary/aromatic N) is 2. The Bertz CT molecular complexity index is 530. The maximum atomic E-state index is 12.0. The van der Waals surface area contributed by atoms with Crippen LogP contribution in [-0.2, 0) is 4.74 Å². The number of benzene rings is 1. The molecule has 8 heteroatoms. The summed E-state index contributed by atoms with van der Waals surface area (Å²) in [6.45, 7) is 5.22. The largest absolute Gasteiger partial charge is 1.00 e. The summed E-state index contributed by atoms with van der Waals surface area (Å²) >= 11 is 0. The lowest BCUT2D eigenvalue weighted by molar-refractivity contribution is -0.916. The zero-order valence-electron chi connectivity index (χ0n) is 13.2. The van der Waals surface area contributed by atoms with Crippen molar-refractivity contribution >= 4 is 11.6 Å². The fourth-order valence-corrected chi connectivity index (χ4v) is 2.51. The van der Waals surface area contributed by atoms with Gasteiger partial charge in [-0.3, -0.25) is 14.9 Å². The van der Waals surface area contributed by atoms with Crippen LogP contribution in [0.25, 0.3) is 0 Å². The third kappa shape index (κ3) is 5.89. The minimum atomic E-state index is -0.478. The van der Waals surface area contributed by atoms with Gasteiger partial charge >= 0.3 is 0 Å². The van der Waals surface area contributed by atoms with Crippen LogP contribution < -0.4 is 22.3 Å². The summed E-state index contributed by atoms with van der Waals surface area (Å²) < 4.78 is 6.34. The van der Waals surface area contributed by atoms with Crippen molar-refractivity contribution in [3.8, 4) is 0 Å². The number of rotatable bonds is 6. The van der Waals surface area contributed by atoms with E-state index in [1.807, 2.05) is 0 Å². The molecule has 1 heterocycles. The van der Waals surface area contributed by atoms with Crippen LogP contribution in [0.4, 0.5) is 5.69 Å². The monoisotopic (exact) mass is 387 g/mol. The number of carbonyl (C=O) groups excluding carboxylic acids is 1. The van der Waals surface area contributed by atoms with Gasteiger partial charge in [-0.25, -0.2) is 0 Å². The number of halogens is 1. The molecule has 23 heavy (non-hydrogen) atoms. The lowest BCUT2D eigenvalue weighted by Crippen LogP contribution is -3.00. The highest BCUT2D eigenvalue weighted by Gasteiger charge is 2.24. The molecule has 1 amide bonds. The third-order valence-corrected chi connectivity index (χ3v) is 4.05. The number of quaternary nitrogens is 1. The number of carbonyl (C=O) groups is 1. The second-order valence-corrected chi connectivity index (χ2v) is 5.82. The first kappa shape index (κ1) is 19.5. The Balaban J connectivity index is 0.00000264. The summed E-state index contributed by atoms with van der Waals surface area (Å²) in [4.78, 5) is 22.0. The molecule has 1 N–H and O–H groups in total. The molecule has 0 atom stereocenters. The van der Waals surface area contributed by atoms with Crippen molar-refractivity contribution in [1.29, 1.82) is 0 Å². The summed E-state index contributed by atoms with van der Waals surface area (Å²) in [5.41, 5.74) is 0.429. The van der Waals surface area contributed by atoms with Crippen molar-refractivity contribution < 1.29 is 35.9 Å². The van der Waals surface area contributed by atoms with Gasteiger partial charge in [-0.15, -0.1) is 0 Å². The van der Waals surface area contributed by atoms with Crippen molar-refractivity contribution in [2.24, 2.45) is 0 Å². The highest BCUT2D eigenvalue weighted by molar-refractivity contribution is 5.94. The summed E-state index contributed by atoms with van der Waals surface area (Å²) in [7, 11) is 2.21. The molecule has 128 valence electrons. The van der Waals surface area contributed by atoms with Crippen LogP contribution in [0.5, 0.6) is 0 Å². The maximum absolute atomic E-state index is 12.0. The summed E-state index contributed by atoms with van der Waals surface area (Å²) in [5, 5.41) is 13.4. The zero-order valence-corrected chi connectivity index (χ0v) is 14.8. The van der Waals surface area contributed by atoms with Gasteiger partial charge in [0.2, 0.25) is 0 Å². The number of likely N-dealkylation sites (N-methyl/N-ethyl adjacent to an activating group) is 1. The quantitative estimate of drug-likeness (QED) is 0.270. The molecular weight excluding hydrogens is 366 g/mol. The number of hydrogen-bond donors (Lipinski definition) is 1. The van der Waals surface area contributed by atoms with Gasteiger partial charge in [0.1, 0.15) is 13.1 Å². The van der Waals surface area contributed by atoms with Crippen LogP contribution in [-0.4, -0.2) is 61.8 Å². The van der Waals surface area contributed by atoms with Crippen LogP contribution in [0.3, 0.4) is 0 Å². The average molecular weight is 388 g/mol. The van der Waals surface area contributed by atoms with Gasteiger partial charge < -0.3 is 31.5 Å². The summed E-state index contributed by atoms with van der Waals surface area (Å²) in [6, 6.07) is 5.64. The molecule has 1 aliphatic rings. The number of amides is 1. The number of hydrogen-bond acceptors (Lipinski definition) is 4. The van der Waals surface area contributed by atoms with Gasteiger partial charge in [-0.05, 0) is 12.1 Å². The predicted octanol–water partition coefficient (Wildman–Crippen LogP) is -1.80. The van der Waals surface area contributed by atoms with Gasteiger partial charge in [0.15, 0.2) is 0 Å². The van der Waals surface area contributed by atoms with Crippen LogP contribution >= 0.6 is 0 Å². The van der Waals surface area contributed by atoms with Crippen molar-refractivity contribution in [3.63, 3.8) is 0 Å². The predicted molar refractivity (Wildman–Crippen MR) is 81.7 cm³/mol. The first-order valence-corrected chi connectivity index (χ1v) is 7.44. The SMILES string of the molecule is C[N+]1(CCCNC(=O)c2ccc([N+](=O)[O-])cc2)CCOCC1.[Br-]. The van der Waals surface area contributed by atoms with E-state index < -0.39 is 4.92 Å². The maximum Gasteiger partial charge on any atom is 0.269 e. The van der Waals surface area contributed by atoms with Crippen molar-refractivity contribution in [2.45, 2.75) is 6.42 Å². The Morgan fingerprint density at radius 3 is 2.48 bits per heavy atom. The van der Waals surface area contributed by atoms with Crippen LogP contribution in [0, 0.1) is 10.1 Å². The van der Waals surface area contributed by atoms with E-state index in [0.29, 0.717) is 12.1 Å². The van der Waals surface area contributed by atoms with Crippen molar-refractivity contribution in [2.75, 3.05) is 46.4 Å². The molecule has 1 saturated heterocycles. The van der Waals surface area contributed by atoms with Crippen LogP contribution in [0.2, 0.25) is 0 Å². The lowest BCUT2D eigenvalue weighted by Gasteiger charge is -2.37. The molecule has 0 aliphatic carbocycles. The smallest absolute Gasteiger partial charge is 0.269 e. The van der Waals surface area contributed by atoms with E-state index in [-0.39, 0.29) is 28.6 Å². The van der Waals surface area contributed by atoms with E-state index in [1.165, 1.54) is 24.3 Å². The molecule has 0 radical (unpaired) electrons. The van der Waals surface area contributed by atoms with Gasteiger partial charge in [-0.1, -0.05) is 0 Å². The standard InChI is InChI=1S/C15H21N3O4.BrH/c1-18(9-11-22-12-10-18)8-2-7-16-15(19)13-3-5-14(6-4-13)17(20)21;/h3-6H,2,7-12H2,1H3;1H. The number of nitro benzene ring substituents is 1. The topological polar surface area (TPSA) is 81.5 Å². The Labute approximate surface area is 146 Å². The van der Waals surface area contributed by atoms with Crippen molar-refractivity contribution in [1.82, 2.24) is 5.32 Å². The number of non-ortho nitro benzene ring substituents is 1. The number of ether oxygens (including phenoxy) is 1. The average Bonchev–Trinajstić information content (AvgIpc) is 2.52. The highest BCUT2D eigenvalue weighted by atomic mass is 79.9. The van der Waals surface area contributed by atoms with Crippen molar-refractivity contribution in [3.05, 3.63) is 39.9 Å². The van der Waals surface area contributed by atoms with E-state index in [1.54, 1.807) is 0 Å². The number of morpholine rings is 1. The van der Waals surface area contributed by atoms with Gasteiger partial charge in [0.25, 0.3) is 11.6 Å². The molecule has 0 unspecified atom stereocenters. The first-order chi connectivity index (χ1) is 10.5. The zero-order chi connectivity index (χ0) is 16.0. The number of nitro groups is 1. The van der Waals surface area contributed by atoms with Gasteiger partial charge in [0, 0.05) is 30.7 Å². The Morgan fingerprint density at radius 2 is 1.91 bits per heavy atom. The number of nitrogens with one attached hydrogen (secondary N) is 1. The second-order valence-electron chi connectivity index (χ2n) is 5.82. The fourth-order valence-electron chi connectivity index (χ4n) is 2.51. The molecule has 0 bridgehead atoms. The Kier molecular flexibility index (Phi) is 7.60. The molecule has 1 aliphatic heterocycles. The lowest BCUT2D eigenvalue weighted by atomic mass is 10.2. The van der Waals surface area contributed by atoms with E-state index in [2.05, 4.69) is 12.4 Å². The van der Waals surface area contributed by atoms with Gasteiger partial charge in [0.05, 0.1) is 31.7 Å². The second kappa shape index (κ2) is 8.95. The Hall–Kier alpha value is -1.51. The molecule has 1 fully saturated rings. The normalized spacial score (nSPS) is 16.2. The molecule has 7 nitrogen and oxygen atoms in total. The highest BCUT2D eigenvalue weighted by Crippen LogP contribution is 2.12. The van der Waals surface area contributed by atoms with Crippen LogP contribution in [0.1, 0.15) is 16.8 Å². The van der Waals surface area contributed by atoms with E-state index >= 15 is 0 Å². The minimum absolute atomic E-state index is 0. The fraction of sp³-hybridized carbons (Fsp3) is 0.533. The molecule has 2 rings (SSSR count). The molecule has 0 saturated carbocycles. The van der Waals surface area contributed by atoms with E-state index in [4.69, 9.17) is 4.74 Å². The van der Waals surface area contributed by atoms with Crippen LogP contribution in [0.15, 0.2) is 24.3 Å². The first-order valence-electron chi connectivity index (χ1n) is 7.44. The molecule has 1 aromatic carbocycles. The molecule has 0 spiro atoms. The Morgan fingerprint density at radius 1 is 1.30 bits per heavy atom. The van der Waals surface area contributed by atoms with E-state index in [0.717, 1.165) is 43.8 Å². The third-order valence-electron chi connectivity index (χ3n) is 4.05. The van der Waals surface area contributed by atoms with Gasteiger partial charge in [-0.2, -0.15) is 0 Å². The molecule has 0 aromatic heterocycles.